The Kier molecular flexibility index (Phi) is 4.23. The molecular weight excluding hydrogens is 304 g/mol. The standard InChI is InChI=1S/C23H34Si/c1-10-17-12-19-15(5)21-14(4)18(11-2)23(24(7,8)9)22(21)16(6)20(19)13(17)3/h23H,10-12H2,1-9H3/t23-/m1/s1. The Morgan fingerprint density at radius 1 is 0.833 bits per heavy atom. The van der Waals surface area contributed by atoms with E-state index in [9.17, 15) is 0 Å². The number of benzene rings is 1. The van der Waals surface area contributed by atoms with Crippen LogP contribution in [0.15, 0.2) is 11.1 Å². The number of hydrogen-bond donors (Lipinski definition) is 0. The molecule has 1 aromatic carbocycles. The molecule has 1 heteroatoms. The van der Waals surface area contributed by atoms with E-state index in [-0.39, 0.29) is 0 Å². The smallest absolute Gasteiger partial charge is 0.0569 e. The van der Waals surface area contributed by atoms with Gasteiger partial charge in [0.25, 0.3) is 0 Å². The molecule has 0 spiro atoms. The lowest BCUT2D eigenvalue weighted by molar-refractivity contribution is 0.957. The number of allylic oxidation sites excluding steroid dienone is 4. The van der Waals surface area contributed by atoms with Gasteiger partial charge in [0, 0.05) is 5.54 Å². The van der Waals surface area contributed by atoms with Crippen molar-refractivity contribution >= 4 is 19.2 Å². The number of rotatable bonds is 3. The van der Waals surface area contributed by atoms with Gasteiger partial charge in [-0.1, -0.05) is 44.6 Å². The lowest BCUT2D eigenvalue weighted by atomic mass is 9.87. The predicted octanol–water partition coefficient (Wildman–Crippen LogP) is 7.20. The molecule has 0 heterocycles. The molecule has 2 aliphatic rings. The van der Waals surface area contributed by atoms with Gasteiger partial charge in [0.2, 0.25) is 0 Å². The summed E-state index contributed by atoms with van der Waals surface area (Å²) >= 11 is 0. The van der Waals surface area contributed by atoms with Crippen molar-refractivity contribution < 1.29 is 0 Å². The molecule has 1 aromatic rings. The Balaban J connectivity index is 2.37. The fraction of sp³-hybridized carbons (Fsp3) is 0.565. The average Bonchev–Trinajstić information content (AvgIpc) is 2.99. The highest BCUT2D eigenvalue weighted by Gasteiger charge is 2.41. The summed E-state index contributed by atoms with van der Waals surface area (Å²) < 4.78 is 0. The summed E-state index contributed by atoms with van der Waals surface area (Å²) in [4.78, 5) is 0. The van der Waals surface area contributed by atoms with Crippen LogP contribution < -0.4 is 0 Å². The molecule has 0 radical (unpaired) electrons. The van der Waals surface area contributed by atoms with Crippen LogP contribution in [0.3, 0.4) is 0 Å². The van der Waals surface area contributed by atoms with Gasteiger partial charge in [-0.2, -0.15) is 0 Å². The lowest BCUT2D eigenvalue weighted by Crippen LogP contribution is -2.32. The van der Waals surface area contributed by atoms with E-state index in [1.165, 1.54) is 19.3 Å². The van der Waals surface area contributed by atoms with E-state index < -0.39 is 8.07 Å². The summed E-state index contributed by atoms with van der Waals surface area (Å²) in [6.45, 7) is 21.9. The molecule has 0 unspecified atom stereocenters. The molecule has 1 atom stereocenters. The maximum Gasteiger partial charge on any atom is 0.0569 e. The zero-order valence-electron chi connectivity index (χ0n) is 17.2. The monoisotopic (exact) mass is 338 g/mol. The van der Waals surface area contributed by atoms with Crippen molar-refractivity contribution in [3.63, 3.8) is 0 Å². The van der Waals surface area contributed by atoms with Crippen LogP contribution in [0.25, 0.3) is 11.1 Å². The van der Waals surface area contributed by atoms with Crippen molar-refractivity contribution in [1.82, 2.24) is 0 Å². The molecule has 0 bridgehead atoms. The average molecular weight is 339 g/mol. The molecule has 0 N–H and O–H groups in total. The SMILES string of the molecule is CCC1=C(C)c2c(C)c3c(c(C)c2C1)C(C)=C(CC)[C@H]3[Si](C)(C)C. The van der Waals surface area contributed by atoms with Crippen molar-refractivity contribution in [2.75, 3.05) is 0 Å². The maximum absolute atomic E-state index is 2.55. The van der Waals surface area contributed by atoms with E-state index >= 15 is 0 Å². The highest BCUT2D eigenvalue weighted by atomic mass is 28.3. The minimum atomic E-state index is -1.31. The third-order valence-corrected chi connectivity index (χ3v) is 9.01. The minimum Gasteiger partial charge on any atom is -0.0688 e. The van der Waals surface area contributed by atoms with E-state index in [1.807, 2.05) is 0 Å². The molecule has 3 rings (SSSR count). The van der Waals surface area contributed by atoms with Gasteiger partial charge < -0.3 is 0 Å². The second kappa shape index (κ2) is 5.73. The Labute approximate surface area is 150 Å². The quantitative estimate of drug-likeness (QED) is 0.511. The molecule has 0 saturated carbocycles. The molecular formula is C23H34Si. The van der Waals surface area contributed by atoms with Gasteiger partial charge in [-0.25, -0.2) is 0 Å². The van der Waals surface area contributed by atoms with Crippen molar-refractivity contribution in [2.24, 2.45) is 0 Å². The van der Waals surface area contributed by atoms with Crippen LogP contribution in [0, 0.1) is 13.8 Å². The van der Waals surface area contributed by atoms with Gasteiger partial charge in [0.15, 0.2) is 0 Å². The Morgan fingerprint density at radius 3 is 1.96 bits per heavy atom. The Bertz CT molecular complexity index is 781. The van der Waals surface area contributed by atoms with Gasteiger partial charge >= 0.3 is 0 Å². The summed E-state index contributed by atoms with van der Waals surface area (Å²) in [6, 6.07) is 0. The first-order chi connectivity index (χ1) is 11.1. The zero-order chi connectivity index (χ0) is 18.0. The van der Waals surface area contributed by atoms with E-state index in [0.717, 1.165) is 0 Å². The second-order valence-corrected chi connectivity index (χ2v) is 14.3. The molecule has 130 valence electrons. The summed E-state index contributed by atoms with van der Waals surface area (Å²) in [6.07, 6.45) is 3.58. The predicted molar refractivity (Wildman–Crippen MR) is 111 cm³/mol. The fourth-order valence-corrected chi connectivity index (χ4v) is 8.24. The summed E-state index contributed by atoms with van der Waals surface area (Å²) in [5, 5.41) is 0. The van der Waals surface area contributed by atoms with E-state index in [2.05, 4.69) is 61.2 Å². The molecule has 0 aliphatic heterocycles. The van der Waals surface area contributed by atoms with Crippen molar-refractivity contribution in [3.8, 4) is 0 Å². The van der Waals surface area contributed by atoms with Crippen LogP contribution in [0.5, 0.6) is 0 Å². The van der Waals surface area contributed by atoms with E-state index in [0.29, 0.717) is 5.54 Å². The van der Waals surface area contributed by atoms with Gasteiger partial charge in [-0.15, -0.1) is 0 Å². The molecule has 24 heavy (non-hydrogen) atoms. The normalized spacial score (nSPS) is 20.1. The largest absolute Gasteiger partial charge is 0.0688 e. The van der Waals surface area contributed by atoms with Crippen LogP contribution in [-0.2, 0) is 6.42 Å². The topological polar surface area (TPSA) is 0 Å². The third kappa shape index (κ3) is 2.24. The van der Waals surface area contributed by atoms with Crippen LogP contribution >= 0.6 is 0 Å². The van der Waals surface area contributed by atoms with Gasteiger partial charge in [-0.05, 0) is 91.5 Å². The molecule has 0 aromatic heterocycles. The summed E-state index contributed by atoms with van der Waals surface area (Å²) in [7, 11) is -1.31. The molecule has 0 saturated heterocycles. The zero-order valence-corrected chi connectivity index (χ0v) is 18.2. The first-order valence-corrected chi connectivity index (χ1v) is 13.3. The number of hydrogen-bond acceptors (Lipinski definition) is 0. The fourth-order valence-electron chi connectivity index (χ4n) is 5.55. The first kappa shape index (κ1) is 17.7. The van der Waals surface area contributed by atoms with E-state index in [4.69, 9.17) is 0 Å². The second-order valence-electron chi connectivity index (χ2n) is 8.95. The van der Waals surface area contributed by atoms with Crippen molar-refractivity contribution in [1.29, 1.82) is 0 Å². The highest BCUT2D eigenvalue weighted by Crippen LogP contribution is 2.53. The van der Waals surface area contributed by atoms with Crippen LogP contribution in [0.2, 0.25) is 19.6 Å². The maximum atomic E-state index is 2.55. The third-order valence-electron chi connectivity index (χ3n) is 6.64. The lowest BCUT2D eigenvalue weighted by Gasteiger charge is -2.31. The van der Waals surface area contributed by atoms with Crippen LogP contribution in [0.4, 0.5) is 0 Å². The molecule has 0 nitrogen and oxygen atoms in total. The molecule has 0 amide bonds. The Hall–Kier alpha value is -1.08. The summed E-state index contributed by atoms with van der Waals surface area (Å²) in [5.41, 5.74) is 17.0. The van der Waals surface area contributed by atoms with Crippen LogP contribution in [-0.4, -0.2) is 8.07 Å². The number of fused-ring (bicyclic) bond motifs is 2. The van der Waals surface area contributed by atoms with Gasteiger partial charge in [-0.3, -0.25) is 0 Å². The summed E-state index contributed by atoms with van der Waals surface area (Å²) in [5.74, 6) is 0. The van der Waals surface area contributed by atoms with E-state index in [1.54, 1.807) is 55.7 Å². The first-order valence-electron chi connectivity index (χ1n) is 9.69. The Morgan fingerprint density at radius 2 is 1.46 bits per heavy atom. The van der Waals surface area contributed by atoms with Crippen molar-refractivity contribution in [3.05, 3.63) is 44.5 Å². The van der Waals surface area contributed by atoms with Crippen LogP contribution in [0.1, 0.15) is 79.5 Å². The van der Waals surface area contributed by atoms with Crippen molar-refractivity contribution in [2.45, 2.75) is 86.0 Å². The highest BCUT2D eigenvalue weighted by molar-refractivity contribution is 6.78. The van der Waals surface area contributed by atoms with Gasteiger partial charge in [0.1, 0.15) is 0 Å². The molecule has 0 fully saturated rings. The van der Waals surface area contributed by atoms with Gasteiger partial charge in [0.05, 0.1) is 8.07 Å². The molecule has 2 aliphatic carbocycles. The minimum absolute atomic E-state index is 0.708.